The maximum atomic E-state index is 12.7. The molecule has 15 heavy (non-hydrogen) atoms. The zero-order valence-electron chi connectivity index (χ0n) is 7.58. The summed E-state index contributed by atoms with van der Waals surface area (Å²) in [5, 5.41) is 7.59. The Morgan fingerprint density at radius 1 is 1.47 bits per heavy atom. The fourth-order valence-corrected chi connectivity index (χ4v) is 2.14. The van der Waals surface area contributed by atoms with Crippen LogP contribution in [0, 0.1) is 5.82 Å². The molecule has 0 fully saturated rings. The third-order valence-electron chi connectivity index (χ3n) is 1.77. The van der Waals surface area contributed by atoms with E-state index in [1.807, 2.05) is 0 Å². The third kappa shape index (κ3) is 2.70. The molecule has 1 aromatic carbocycles. The zero-order chi connectivity index (χ0) is 10.7. The summed E-state index contributed by atoms with van der Waals surface area (Å²) in [4.78, 5) is 3.96. The highest BCUT2D eigenvalue weighted by Crippen LogP contribution is 2.24. The molecule has 0 bridgehead atoms. The molecule has 78 valence electrons. The number of aromatic amines is 1. The van der Waals surface area contributed by atoms with Crippen LogP contribution in [-0.4, -0.2) is 15.2 Å². The molecule has 0 saturated carbocycles. The van der Waals surface area contributed by atoms with E-state index >= 15 is 0 Å². The predicted molar refractivity (Wildman–Crippen MR) is 57.4 cm³/mol. The highest BCUT2D eigenvalue weighted by molar-refractivity contribution is 7.98. The summed E-state index contributed by atoms with van der Waals surface area (Å²) in [5.74, 6) is 0.308. The summed E-state index contributed by atoms with van der Waals surface area (Å²) in [6.07, 6.45) is 1.44. The van der Waals surface area contributed by atoms with Crippen molar-refractivity contribution in [1.29, 1.82) is 0 Å². The Kier molecular flexibility index (Phi) is 3.23. The van der Waals surface area contributed by atoms with Crippen LogP contribution >= 0.6 is 23.4 Å². The first-order valence-corrected chi connectivity index (χ1v) is 5.54. The van der Waals surface area contributed by atoms with E-state index in [1.165, 1.54) is 30.2 Å². The van der Waals surface area contributed by atoms with Crippen molar-refractivity contribution >= 4 is 23.4 Å². The normalized spacial score (nSPS) is 10.5. The minimum absolute atomic E-state index is 0.326. The number of benzene rings is 1. The van der Waals surface area contributed by atoms with Crippen LogP contribution in [0.5, 0.6) is 0 Å². The first kappa shape index (κ1) is 10.4. The van der Waals surface area contributed by atoms with Crippen molar-refractivity contribution in [1.82, 2.24) is 15.2 Å². The molecule has 1 aromatic heterocycles. The zero-order valence-corrected chi connectivity index (χ0v) is 9.15. The summed E-state index contributed by atoms with van der Waals surface area (Å²) in [7, 11) is 0. The molecule has 0 aliphatic heterocycles. The van der Waals surface area contributed by atoms with Crippen molar-refractivity contribution in [3.63, 3.8) is 0 Å². The van der Waals surface area contributed by atoms with Crippen LogP contribution in [0.25, 0.3) is 0 Å². The summed E-state index contributed by atoms with van der Waals surface area (Å²) in [6.45, 7) is 0. The third-order valence-corrected chi connectivity index (χ3v) is 3.05. The van der Waals surface area contributed by atoms with Crippen molar-refractivity contribution < 1.29 is 4.39 Å². The molecule has 0 unspecified atom stereocenters. The van der Waals surface area contributed by atoms with E-state index in [0.29, 0.717) is 10.8 Å². The molecule has 0 spiro atoms. The van der Waals surface area contributed by atoms with E-state index in [2.05, 4.69) is 15.2 Å². The summed E-state index contributed by atoms with van der Waals surface area (Å²) < 4.78 is 12.7. The highest BCUT2D eigenvalue weighted by atomic mass is 35.5. The Morgan fingerprint density at radius 3 is 3.00 bits per heavy atom. The molecular formula is C9H7ClFN3S. The van der Waals surface area contributed by atoms with Gasteiger partial charge < -0.3 is 0 Å². The standard InChI is InChI=1S/C9H7ClFN3S/c10-8-3-7(11)2-1-6(8)4-15-9-12-5-13-14-9/h1-3,5H,4H2,(H,12,13,14). The van der Waals surface area contributed by atoms with Gasteiger partial charge in [0.05, 0.1) is 0 Å². The first-order valence-electron chi connectivity index (χ1n) is 4.18. The van der Waals surface area contributed by atoms with Crippen LogP contribution < -0.4 is 0 Å². The van der Waals surface area contributed by atoms with Crippen LogP contribution in [0.3, 0.4) is 0 Å². The first-order chi connectivity index (χ1) is 7.25. The lowest BCUT2D eigenvalue weighted by Gasteiger charge is -2.01. The van der Waals surface area contributed by atoms with Gasteiger partial charge in [0.25, 0.3) is 0 Å². The number of thioether (sulfide) groups is 1. The largest absolute Gasteiger partial charge is 0.254 e. The number of aromatic nitrogens is 3. The van der Waals surface area contributed by atoms with Gasteiger partial charge >= 0.3 is 0 Å². The quantitative estimate of drug-likeness (QED) is 0.843. The molecule has 0 radical (unpaired) electrons. The second-order valence-corrected chi connectivity index (χ2v) is 4.19. The van der Waals surface area contributed by atoms with Gasteiger partial charge in [-0.25, -0.2) is 9.37 Å². The number of halogens is 2. The number of hydrogen-bond donors (Lipinski definition) is 1. The summed E-state index contributed by atoms with van der Waals surface area (Å²) >= 11 is 7.33. The van der Waals surface area contributed by atoms with E-state index < -0.39 is 0 Å². The van der Waals surface area contributed by atoms with E-state index in [1.54, 1.807) is 6.07 Å². The average Bonchev–Trinajstić information content (AvgIpc) is 2.69. The van der Waals surface area contributed by atoms with Crippen molar-refractivity contribution in [2.75, 3.05) is 0 Å². The van der Waals surface area contributed by atoms with Crippen molar-refractivity contribution in [2.45, 2.75) is 10.9 Å². The van der Waals surface area contributed by atoms with Gasteiger partial charge in [-0.3, -0.25) is 5.10 Å². The maximum Gasteiger partial charge on any atom is 0.183 e. The van der Waals surface area contributed by atoms with Gasteiger partial charge in [0, 0.05) is 10.8 Å². The molecule has 1 N–H and O–H groups in total. The molecule has 0 aliphatic rings. The van der Waals surface area contributed by atoms with Crippen molar-refractivity contribution in [2.24, 2.45) is 0 Å². The van der Waals surface area contributed by atoms with Crippen LogP contribution in [0.15, 0.2) is 29.7 Å². The van der Waals surface area contributed by atoms with E-state index in [-0.39, 0.29) is 5.82 Å². The van der Waals surface area contributed by atoms with Gasteiger partial charge in [-0.1, -0.05) is 29.4 Å². The Balaban J connectivity index is 2.05. The van der Waals surface area contributed by atoms with Crippen molar-refractivity contribution in [3.05, 3.63) is 40.9 Å². The summed E-state index contributed by atoms with van der Waals surface area (Å²) in [5.41, 5.74) is 0.875. The highest BCUT2D eigenvalue weighted by Gasteiger charge is 2.04. The SMILES string of the molecule is Fc1ccc(CSc2ncn[nH]2)c(Cl)c1. The Hall–Kier alpha value is -1.07. The Bertz CT molecular complexity index is 447. The number of H-pyrrole nitrogens is 1. The second-order valence-electron chi connectivity index (χ2n) is 2.82. The second kappa shape index (κ2) is 4.63. The molecule has 3 nitrogen and oxygen atoms in total. The van der Waals surface area contributed by atoms with Crippen molar-refractivity contribution in [3.8, 4) is 0 Å². The molecule has 0 atom stereocenters. The van der Waals surface area contributed by atoms with Crippen LogP contribution in [0.1, 0.15) is 5.56 Å². The molecular weight excluding hydrogens is 237 g/mol. The minimum atomic E-state index is -0.326. The minimum Gasteiger partial charge on any atom is -0.254 e. The van der Waals surface area contributed by atoms with Gasteiger partial charge in [-0.2, -0.15) is 5.10 Å². The lowest BCUT2D eigenvalue weighted by atomic mass is 10.2. The molecule has 2 aromatic rings. The predicted octanol–water partition coefficient (Wildman–Crippen LogP) is 2.89. The molecule has 0 saturated heterocycles. The molecule has 2 rings (SSSR count). The van der Waals surface area contributed by atoms with Gasteiger partial charge in [-0.05, 0) is 17.7 Å². The average molecular weight is 244 g/mol. The van der Waals surface area contributed by atoms with Gasteiger partial charge in [-0.15, -0.1) is 0 Å². The number of hydrogen-bond acceptors (Lipinski definition) is 3. The smallest absolute Gasteiger partial charge is 0.183 e. The maximum absolute atomic E-state index is 12.7. The fourth-order valence-electron chi connectivity index (χ4n) is 1.05. The lowest BCUT2D eigenvalue weighted by Crippen LogP contribution is -1.85. The van der Waals surface area contributed by atoms with Gasteiger partial charge in [0.15, 0.2) is 5.16 Å². The van der Waals surface area contributed by atoms with E-state index in [0.717, 1.165) is 10.7 Å². The van der Waals surface area contributed by atoms with E-state index in [4.69, 9.17) is 11.6 Å². The number of nitrogens with zero attached hydrogens (tertiary/aromatic N) is 2. The Morgan fingerprint density at radius 2 is 2.33 bits per heavy atom. The molecule has 1 heterocycles. The number of rotatable bonds is 3. The van der Waals surface area contributed by atoms with Crippen LogP contribution in [-0.2, 0) is 5.75 Å². The number of nitrogens with one attached hydrogen (secondary N) is 1. The van der Waals surface area contributed by atoms with Crippen LogP contribution in [0.4, 0.5) is 4.39 Å². The summed E-state index contributed by atoms with van der Waals surface area (Å²) in [6, 6.07) is 4.36. The fraction of sp³-hybridized carbons (Fsp3) is 0.111. The molecule has 0 aliphatic carbocycles. The monoisotopic (exact) mass is 243 g/mol. The van der Waals surface area contributed by atoms with Gasteiger partial charge in [0.1, 0.15) is 12.1 Å². The lowest BCUT2D eigenvalue weighted by molar-refractivity contribution is 0.627. The van der Waals surface area contributed by atoms with E-state index in [9.17, 15) is 4.39 Å². The topological polar surface area (TPSA) is 41.6 Å². The molecule has 6 heteroatoms. The Labute approximate surface area is 95.1 Å². The van der Waals surface area contributed by atoms with Gasteiger partial charge in [0.2, 0.25) is 0 Å². The molecule has 0 amide bonds. The van der Waals surface area contributed by atoms with Crippen LogP contribution in [0.2, 0.25) is 5.02 Å².